The summed E-state index contributed by atoms with van der Waals surface area (Å²) in [4.78, 5) is 7.84. The maximum Gasteiger partial charge on any atom is 0.252 e. The molecule has 17 aromatic carbocycles. The Hall–Kier alpha value is -14.4. The summed E-state index contributed by atoms with van der Waals surface area (Å²) >= 11 is 0. The Labute approximate surface area is 759 Å². The molecule has 0 amide bonds. The first-order valence-electron chi connectivity index (χ1n) is 45.9. The molecule has 0 saturated heterocycles. The van der Waals surface area contributed by atoms with Crippen molar-refractivity contribution in [2.75, 3.05) is 14.7 Å². The lowest BCUT2D eigenvalue weighted by Crippen LogP contribution is -2.61. The fourth-order valence-corrected chi connectivity index (χ4v) is 20.6. The predicted octanol–water partition coefficient (Wildman–Crippen LogP) is 31.7. The molecule has 3 aromatic heterocycles. The van der Waals surface area contributed by atoms with Gasteiger partial charge in [0.2, 0.25) is 0 Å². The standard InChI is InChI=1S/C122H107BN6/c1-118(2,3)84-50-59-107-99(67-84)100-68-85(119(4,5)6)51-60-108(100)126(107)92-54-57-104-112(74-92)128(94-65-82(78-36-22-16-23-37-78)64-83(66-94)79-38-24-17-25-39-79)114-76-95(127-109-61-52-86(120(7,8)9)69-101(109)102-70-87(121(10,11)12)53-62-110(102)127)77-115-116(114)123(104)105-58-55-93(75-113(105)129(115)117-97(80-40-26-18-27-41-80)71-88(122(13,14)15)72-98(117)81-42-28-19-29-43-81)125-106-49-35-34-48-96(106)103-73-91(56-63-111(103)125)124(89-44-30-20-31-45-89)90-46-32-21-33-47-90/h16-77H,1-15H3. The van der Waals surface area contributed by atoms with E-state index >= 15 is 0 Å². The maximum absolute atomic E-state index is 2.75. The van der Waals surface area contributed by atoms with E-state index in [0.717, 1.165) is 140 Å². The SMILES string of the molecule is CC(C)(C)c1cc(-c2ccccc2)c(N2c3cc(-n4c5ccccc5c5cc(N(c6ccccc6)c6ccccc6)ccc54)ccc3B3c4ccc(-n5c6ccc(C(C)(C)C)cc6c6cc(C(C)(C)C)ccc65)cc4N(c4cc(-c5ccccc5)cc(-c5ccccc5)c4)c4cc(-n5c6ccc(C(C)(C)C)cc6c6cc(C(C)(C)C)ccc65)cc2c43)c(-c2ccccc2)c1. The number of benzene rings is 17. The third kappa shape index (κ3) is 13.7. The normalized spacial score (nSPS) is 13.0. The molecule has 22 rings (SSSR count). The highest BCUT2D eigenvalue weighted by molar-refractivity contribution is 7.00. The lowest BCUT2D eigenvalue weighted by Gasteiger charge is -2.45. The second-order valence-corrected chi connectivity index (χ2v) is 41.0. The van der Waals surface area contributed by atoms with Crippen molar-refractivity contribution < 1.29 is 0 Å². The van der Waals surface area contributed by atoms with Gasteiger partial charge < -0.3 is 28.4 Å². The van der Waals surface area contributed by atoms with Crippen LogP contribution in [-0.4, -0.2) is 20.4 Å². The summed E-state index contributed by atoms with van der Waals surface area (Å²) in [7, 11) is 0. The van der Waals surface area contributed by atoms with Crippen molar-refractivity contribution in [3.8, 4) is 61.6 Å². The Morgan fingerprint density at radius 2 is 0.535 bits per heavy atom. The zero-order valence-electron chi connectivity index (χ0n) is 76.6. The Kier molecular flexibility index (Phi) is 18.8. The van der Waals surface area contributed by atoms with Gasteiger partial charge in [0, 0.05) is 100 Å². The first kappa shape index (κ1) is 80.4. The molecule has 7 heteroatoms. The van der Waals surface area contributed by atoms with Gasteiger partial charge in [0.1, 0.15) is 0 Å². The molecule has 628 valence electrons. The highest BCUT2D eigenvalue weighted by Gasteiger charge is 2.46. The minimum atomic E-state index is -0.337. The summed E-state index contributed by atoms with van der Waals surface area (Å²) in [6.07, 6.45) is 0. The fraction of sp³-hybridized carbons (Fsp3) is 0.164. The van der Waals surface area contributed by atoms with E-state index in [1.54, 1.807) is 0 Å². The van der Waals surface area contributed by atoms with Crippen LogP contribution in [-0.2, 0) is 27.1 Å². The van der Waals surface area contributed by atoms with E-state index in [9.17, 15) is 0 Å². The van der Waals surface area contributed by atoms with Crippen LogP contribution in [0, 0.1) is 0 Å². The summed E-state index contributed by atoms with van der Waals surface area (Å²) in [6.45, 7) is 34.9. The van der Waals surface area contributed by atoms with Gasteiger partial charge in [0.05, 0.1) is 44.5 Å². The molecule has 0 saturated carbocycles. The number of rotatable bonds is 12. The molecule has 0 spiro atoms. The summed E-state index contributed by atoms with van der Waals surface area (Å²) in [5.74, 6) is 0. The second-order valence-electron chi connectivity index (χ2n) is 41.0. The summed E-state index contributed by atoms with van der Waals surface area (Å²) in [5, 5.41) is 7.29. The van der Waals surface area contributed by atoms with Crippen LogP contribution in [0.3, 0.4) is 0 Å². The van der Waals surface area contributed by atoms with E-state index < -0.39 is 0 Å². The Morgan fingerprint density at radius 1 is 0.209 bits per heavy atom. The molecule has 0 unspecified atom stereocenters. The number of anilines is 9. The zero-order valence-corrected chi connectivity index (χ0v) is 76.6. The topological polar surface area (TPSA) is 24.5 Å². The quantitative estimate of drug-likeness (QED) is 0.114. The summed E-state index contributed by atoms with van der Waals surface area (Å²) < 4.78 is 7.74. The molecule has 0 atom stereocenters. The fourth-order valence-electron chi connectivity index (χ4n) is 20.6. The number of aromatic nitrogens is 3. The predicted molar refractivity (Wildman–Crippen MR) is 553 cm³/mol. The third-order valence-corrected chi connectivity index (χ3v) is 27.5. The van der Waals surface area contributed by atoms with Crippen LogP contribution in [0.2, 0.25) is 0 Å². The molecule has 2 aliphatic rings. The lowest BCUT2D eigenvalue weighted by atomic mass is 9.33. The van der Waals surface area contributed by atoms with E-state index in [4.69, 9.17) is 0 Å². The zero-order chi connectivity index (χ0) is 88.5. The molecule has 0 bridgehead atoms. The van der Waals surface area contributed by atoms with E-state index in [-0.39, 0.29) is 33.8 Å². The van der Waals surface area contributed by atoms with Crippen molar-refractivity contribution in [3.05, 3.63) is 404 Å². The molecule has 0 fully saturated rings. The third-order valence-electron chi connectivity index (χ3n) is 27.5. The van der Waals surface area contributed by atoms with Crippen molar-refractivity contribution >= 4 is 140 Å². The van der Waals surface area contributed by atoms with Gasteiger partial charge in [-0.15, -0.1) is 0 Å². The molecule has 0 N–H and O–H groups in total. The van der Waals surface area contributed by atoms with Gasteiger partial charge >= 0.3 is 0 Å². The molecular weight excluding hydrogens is 1560 g/mol. The maximum atomic E-state index is 2.75. The van der Waals surface area contributed by atoms with Crippen LogP contribution in [0.1, 0.15) is 132 Å². The average molecular weight is 1670 g/mol. The smallest absolute Gasteiger partial charge is 0.252 e. The van der Waals surface area contributed by atoms with E-state index in [0.29, 0.717) is 0 Å². The van der Waals surface area contributed by atoms with Crippen molar-refractivity contribution in [2.45, 2.75) is 131 Å². The largest absolute Gasteiger partial charge is 0.311 e. The summed E-state index contributed by atoms with van der Waals surface area (Å²) in [6, 6.07) is 144. The van der Waals surface area contributed by atoms with Crippen LogP contribution in [0.15, 0.2) is 376 Å². The van der Waals surface area contributed by atoms with Crippen molar-refractivity contribution in [1.29, 1.82) is 0 Å². The van der Waals surface area contributed by atoms with Crippen LogP contribution in [0.5, 0.6) is 0 Å². The Balaban J connectivity index is 0.917. The number of hydrogen-bond acceptors (Lipinski definition) is 3. The van der Waals surface area contributed by atoms with Gasteiger partial charge in [-0.2, -0.15) is 0 Å². The molecular formula is C122H107BN6. The van der Waals surface area contributed by atoms with Gasteiger partial charge in [-0.05, 0) is 268 Å². The molecule has 0 aliphatic carbocycles. The Morgan fingerprint density at radius 3 is 0.938 bits per heavy atom. The first-order chi connectivity index (χ1) is 62.1. The Bertz CT molecular complexity index is 7550. The second kappa shape index (κ2) is 30.1. The molecule has 20 aromatic rings. The van der Waals surface area contributed by atoms with Gasteiger partial charge in [0.25, 0.3) is 6.71 Å². The highest BCUT2D eigenvalue weighted by atomic mass is 15.2. The minimum absolute atomic E-state index is 0.0886. The van der Waals surface area contributed by atoms with E-state index in [1.165, 1.54) is 82.2 Å². The number of para-hydroxylation sites is 3. The molecule has 6 nitrogen and oxygen atoms in total. The van der Waals surface area contributed by atoms with E-state index in [1.807, 2.05) is 0 Å². The van der Waals surface area contributed by atoms with Crippen LogP contribution < -0.4 is 31.1 Å². The highest BCUT2D eigenvalue weighted by Crippen LogP contribution is 2.55. The van der Waals surface area contributed by atoms with Gasteiger partial charge in [0.15, 0.2) is 0 Å². The minimum Gasteiger partial charge on any atom is -0.311 e. The van der Waals surface area contributed by atoms with Gasteiger partial charge in [-0.25, -0.2) is 0 Å². The van der Waals surface area contributed by atoms with Crippen LogP contribution >= 0.6 is 0 Å². The lowest BCUT2D eigenvalue weighted by molar-refractivity contribution is 0.590. The van der Waals surface area contributed by atoms with Gasteiger partial charge in [-0.1, -0.05) is 316 Å². The first-order valence-corrected chi connectivity index (χ1v) is 45.9. The number of hydrogen-bond donors (Lipinski definition) is 0. The molecule has 129 heavy (non-hydrogen) atoms. The van der Waals surface area contributed by atoms with Crippen LogP contribution in [0.25, 0.3) is 127 Å². The van der Waals surface area contributed by atoms with Crippen molar-refractivity contribution in [1.82, 2.24) is 13.7 Å². The average Bonchev–Trinajstić information content (AvgIpc) is 1.39. The molecule has 5 heterocycles. The monoisotopic (exact) mass is 1670 g/mol. The number of fused-ring (bicyclic) bond motifs is 13. The summed E-state index contributed by atoms with van der Waals surface area (Å²) in [5.41, 5.74) is 38.2. The van der Waals surface area contributed by atoms with Crippen molar-refractivity contribution in [2.24, 2.45) is 0 Å². The number of nitrogens with zero attached hydrogens (tertiary/aromatic N) is 6. The van der Waals surface area contributed by atoms with Crippen LogP contribution in [0.4, 0.5) is 51.2 Å². The molecule has 2 aliphatic heterocycles. The molecule has 0 radical (unpaired) electrons. The van der Waals surface area contributed by atoms with E-state index in [2.05, 4.69) is 508 Å². The van der Waals surface area contributed by atoms with Crippen molar-refractivity contribution in [3.63, 3.8) is 0 Å². The van der Waals surface area contributed by atoms with Gasteiger partial charge in [-0.3, -0.25) is 0 Å².